The van der Waals surface area contributed by atoms with Gasteiger partial charge in [0.15, 0.2) is 0 Å². The molecule has 1 saturated heterocycles. The largest absolute Gasteiger partial charge is 0.405 e. The molecule has 176 valence electrons. The molecule has 1 aromatic rings. The molecule has 6 N–H and O–H groups in total. The fraction of sp³-hybridized carbons (Fsp3) is 0.375. The highest BCUT2D eigenvalue weighted by Gasteiger charge is 2.25. The molecule has 2 unspecified atom stereocenters. The fourth-order valence-corrected chi connectivity index (χ4v) is 4.24. The number of allylic oxidation sites excluding steroid dienone is 1. The smallest absolute Gasteiger partial charge is 0.258 e. The first-order valence-electron chi connectivity index (χ1n) is 11.0. The number of nitrogen functional groups attached to an aromatic ring is 1. The molecular formula is C24H34N8O. The average Bonchev–Trinajstić information content (AvgIpc) is 2.73. The van der Waals surface area contributed by atoms with Crippen LogP contribution in [0.1, 0.15) is 43.6 Å². The highest BCUT2D eigenvalue weighted by atomic mass is 16.1. The number of nitrogens with zero attached hydrogens (tertiary/aromatic N) is 4. The number of amides is 1. The van der Waals surface area contributed by atoms with Gasteiger partial charge in [0.2, 0.25) is 0 Å². The maximum atomic E-state index is 13.1. The molecular weight excluding hydrogens is 416 g/mol. The third-order valence-corrected chi connectivity index (χ3v) is 5.52. The van der Waals surface area contributed by atoms with Crippen LogP contribution in [-0.2, 0) is 0 Å². The number of nitrogens with two attached hydrogens (primary N) is 2. The Bertz CT molecular complexity index is 1030. The quantitative estimate of drug-likeness (QED) is 0.389. The van der Waals surface area contributed by atoms with Crippen molar-refractivity contribution in [3.8, 4) is 0 Å². The van der Waals surface area contributed by atoms with Gasteiger partial charge in [0.05, 0.1) is 23.5 Å². The predicted octanol–water partition coefficient (Wildman–Crippen LogP) is 2.25. The van der Waals surface area contributed by atoms with Crippen molar-refractivity contribution in [2.24, 2.45) is 15.7 Å². The molecule has 9 nitrogen and oxygen atoms in total. The Hall–Kier alpha value is -3.59. The second-order valence-corrected chi connectivity index (χ2v) is 8.61. The van der Waals surface area contributed by atoms with Crippen molar-refractivity contribution < 1.29 is 4.79 Å². The predicted molar refractivity (Wildman–Crippen MR) is 137 cm³/mol. The normalized spacial score (nSPS) is 21.6. The molecule has 2 aliphatic heterocycles. The van der Waals surface area contributed by atoms with Crippen LogP contribution in [0.4, 0.5) is 11.4 Å². The lowest BCUT2D eigenvalue weighted by molar-refractivity contribution is 0.0965. The number of carbonyl (C=O) groups is 1. The third kappa shape index (κ3) is 5.81. The van der Waals surface area contributed by atoms with Crippen molar-refractivity contribution in [1.82, 2.24) is 15.5 Å². The van der Waals surface area contributed by atoms with Gasteiger partial charge in [-0.3, -0.25) is 9.79 Å². The number of rotatable bonds is 6. The number of anilines is 2. The molecule has 0 spiro atoms. The minimum Gasteiger partial charge on any atom is -0.405 e. The zero-order chi connectivity index (χ0) is 24.1. The summed E-state index contributed by atoms with van der Waals surface area (Å²) in [6.07, 6.45) is 6.80. The van der Waals surface area contributed by atoms with Gasteiger partial charge in [-0.15, -0.1) is 0 Å². The maximum absolute atomic E-state index is 13.1. The summed E-state index contributed by atoms with van der Waals surface area (Å²) >= 11 is 0. The summed E-state index contributed by atoms with van der Waals surface area (Å²) in [6.45, 7) is 13.9. The molecule has 9 heteroatoms. The molecule has 1 amide bonds. The van der Waals surface area contributed by atoms with E-state index in [0.29, 0.717) is 35.7 Å². The van der Waals surface area contributed by atoms with E-state index < -0.39 is 0 Å². The molecule has 0 saturated carbocycles. The van der Waals surface area contributed by atoms with E-state index in [-0.39, 0.29) is 5.91 Å². The number of nitrogens with one attached hydrogen (secondary N) is 2. The molecule has 33 heavy (non-hydrogen) atoms. The van der Waals surface area contributed by atoms with E-state index in [2.05, 4.69) is 46.1 Å². The highest BCUT2D eigenvalue weighted by molar-refractivity contribution is 6.03. The molecule has 1 fully saturated rings. The van der Waals surface area contributed by atoms with Crippen molar-refractivity contribution in [1.29, 1.82) is 0 Å². The number of hydrogen-bond donors (Lipinski definition) is 4. The Labute approximate surface area is 195 Å². The molecule has 0 bridgehead atoms. The summed E-state index contributed by atoms with van der Waals surface area (Å²) in [6, 6.07) is 4.37. The van der Waals surface area contributed by atoms with Crippen LogP contribution in [-0.4, -0.2) is 55.0 Å². The first-order chi connectivity index (χ1) is 15.7. The molecule has 2 atom stereocenters. The van der Waals surface area contributed by atoms with Crippen molar-refractivity contribution in [3.05, 3.63) is 53.4 Å². The van der Waals surface area contributed by atoms with Crippen molar-refractivity contribution in [2.75, 3.05) is 30.3 Å². The summed E-state index contributed by atoms with van der Waals surface area (Å²) in [5.41, 5.74) is 16.3. The Morgan fingerprint density at radius 2 is 2.03 bits per heavy atom. The van der Waals surface area contributed by atoms with Gasteiger partial charge in [-0.1, -0.05) is 0 Å². The van der Waals surface area contributed by atoms with Gasteiger partial charge < -0.3 is 31.9 Å². The number of carbonyl (C=O) groups excluding carboxylic acids is 1. The topological polar surface area (TPSA) is 124 Å². The van der Waals surface area contributed by atoms with Gasteiger partial charge in [0.1, 0.15) is 5.82 Å². The SMILES string of the molecule is C=N/C(C)=C\N1C=C(NC(=O)c2ccc(N3CC(C)NC(C)C3)c(/C=C\N)c2N)N=C(C)C1. The summed E-state index contributed by atoms with van der Waals surface area (Å²) in [5, 5.41) is 6.40. The number of benzene rings is 1. The van der Waals surface area contributed by atoms with Gasteiger partial charge in [-0.05, 0) is 58.8 Å². The zero-order valence-corrected chi connectivity index (χ0v) is 19.8. The third-order valence-electron chi connectivity index (χ3n) is 5.52. The van der Waals surface area contributed by atoms with Crippen LogP contribution in [0.5, 0.6) is 0 Å². The molecule has 0 aliphatic carbocycles. The fourth-order valence-electron chi connectivity index (χ4n) is 4.24. The van der Waals surface area contributed by atoms with Crippen LogP contribution in [0.25, 0.3) is 6.08 Å². The Kier molecular flexibility index (Phi) is 7.55. The van der Waals surface area contributed by atoms with Crippen LogP contribution in [0.15, 0.2) is 52.2 Å². The Morgan fingerprint density at radius 1 is 1.33 bits per heavy atom. The van der Waals surface area contributed by atoms with Gasteiger partial charge in [0, 0.05) is 54.5 Å². The minimum absolute atomic E-state index is 0.333. The number of aliphatic imine (C=N–C) groups is 2. The molecule has 0 aromatic heterocycles. The van der Waals surface area contributed by atoms with Gasteiger partial charge in [0.25, 0.3) is 5.91 Å². The summed E-state index contributed by atoms with van der Waals surface area (Å²) in [4.78, 5) is 25.7. The standard InChI is InChI=1S/C24H34N8O/c1-15(27-5)10-31-11-16(2)29-22(14-31)30-24(33)20-6-7-21(19(8-9-25)23(20)26)32-12-17(3)28-18(4)13-32/h6-10,14,17-18,28H,5,11-13,25-26H2,1-4H3,(H,30,33)/b9-8-,15-10-. The molecule has 2 heterocycles. The number of hydrogen-bond acceptors (Lipinski definition) is 8. The van der Waals surface area contributed by atoms with E-state index in [9.17, 15) is 4.79 Å². The van der Waals surface area contributed by atoms with E-state index in [0.717, 1.165) is 35.7 Å². The monoisotopic (exact) mass is 450 g/mol. The van der Waals surface area contributed by atoms with E-state index >= 15 is 0 Å². The lowest BCUT2D eigenvalue weighted by Gasteiger charge is -2.38. The van der Waals surface area contributed by atoms with E-state index in [1.165, 1.54) is 6.20 Å². The van der Waals surface area contributed by atoms with E-state index in [1.807, 2.05) is 31.0 Å². The first-order valence-corrected chi connectivity index (χ1v) is 11.0. The molecule has 0 radical (unpaired) electrons. The van der Waals surface area contributed by atoms with E-state index in [1.54, 1.807) is 18.3 Å². The van der Waals surface area contributed by atoms with Crippen molar-refractivity contribution >= 4 is 35.8 Å². The lowest BCUT2D eigenvalue weighted by Crippen LogP contribution is -2.54. The Balaban J connectivity index is 1.89. The van der Waals surface area contributed by atoms with Crippen LogP contribution in [0.3, 0.4) is 0 Å². The molecule has 1 aromatic carbocycles. The summed E-state index contributed by atoms with van der Waals surface area (Å²) in [7, 11) is 0. The first kappa shape index (κ1) is 24.1. The second-order valence-electron chi connectivity index (χ2n) is 8.61. The van der Waals surface area contributed by atoms with Gasteiger partial charge in [-0.25, -0.2) is 4.99 Å². The average molecular weight is 451 g/mol. The van der Waals surface area contributed by atoms with Crippen molar-refractivity contribution in [3.63, 3.8) is 0 Å². The lowest BCUT2D eigenvalue weighted by atomic mass is 10.0. The molecule has 3 rings (SSSR count). The maximum Gasteiger partial charge on any atom is 0.258 e. The molecule has 2 aliphatic rings. The van der Waals surface area contributed by atoms with E-state index in [4.69, 9.17) is 11.5 Å². The summed E-state index contributed by atoms with van der Waals surface area (Å²) in [5.74, 6) is 0.0981. The van der Waals surface area contributed by atoms with Crippen LogP contribution in [0, 0.1) is 0 Å². The van der Waals surface area contributed by atoms with Crippen LogP contribution < -0.4 is 27.0 Å². The zero-order valence-electron chi connectivity index (χ0n) is 19.8. The van der Waals surface area contributed by atoms with Gasteiger partial charge in [-0.2, -0.15) is 0 Å². The van der Waals surface area contributed by atoms with Crippen LogP contribution >= 0.6 is 0 Å². The van der Waals surface area contributed by atoms with Crippen LogP contribution in [0.2, 0.25) is 0 Å². The van der Waals surface area contributed by atoms with Crippen molar-refractivity contribution in [2.45, 2.75) is 39.8 Å². The second kappa shape index (κ2) is 10.4. The summed E-state index contributed by atoms with van der Waals surface area (Å²) < 4.78 is 0. The minimum atomic E-state index is -0.333. The Morgan fingerprint density at radius 3 is 2.67 bits per heavy atom. The number of piperazine rings is 1. The van der Waals surface area contributed by atoms with Gasteiger partial charge >= 0.3 is 0 Å². The highest BCUT2D eigenvalue weighted by Crippen LogP contribution is 2.31.